The van der Waals surface area contributed by atoms with E-state index in [0.29, 0.717) is 19.4 Å². The summed E-state index contributed by atoms with van der Waals surface area (Å²) in [6, 6.07) is 14.8. The largest absolute Gasteiger partial charge is 0.497 e. The van der Waals surface area contributed by atoms with Gasteiger partial charge in [0.1, 0.15) is 11.8 Å². The van der Waals surface area contributed by atoms with E-state index in [1.165, 1.54) is 0 Å². The molecular formula is C20H22N2O3. The van der Waals surface area contributed by atoms with Crippen LogP contribution in [-0.2, 0) is 16.1 Å². The van der Waals surface area contributed by atoms with Crippen molar-refractivity contribution >= 4 is 17.5 Å². The first-order valence-corrected chi connectivity index (χ1v) is 8.38. The average molecular weight is 338 g/mol. The molecule has 1 heterocycles. The van der Waals surface area contributed by atoms with Crippen LogP contribution in [0.1, 0.15) is 24.0 Å². The van der Waals surface area contributed by atoms with Crippen molar-refractivity contribution in [3.63, 3.8) is 0 Å². The first kappa shape index (κ1) is 17.0. The lowest BCUT2D eigenvalue weighted by Crippen LogP contribution is -2.44. The minimum Gasteiger partial charge on any atom is -0.497 e. The van der Waals surface area contributed by atoms with E-state index < -0.39 is 6.04 Å². The van der Waals surface area contributed by atoms with E-state index in [1.807, 2.05) is 55.5 Å². The minimum absolute atomic E-state index is 0.00606. The van der Waals surface area contributed by atoms with Gasteiger partial charge in [-0.25, -0.2) is 0 Å². The van der Waals surface area contributed by atoms with E-state index in [2.05, 4.69) is 5.32 Å². The van der Waals surface area contributed by atoms with Gasteiger partial charge in [0.2, 0.25) is 11.8 Å². The minimum atomic E-state index is -0.451. The summed E-state index contributed by atoms with van der Waals surface area (Å²) < 4.78 is 5.13. The Balaban J connectivity index is 1.67. The van der Waals surface area contributed by atoms with Gasteiger partial charge < -0.3 is 10.1 Å². The first-order valence-electron chi connectivity index (χ1n) is 8.38. The molecule has 2 amide bonds. The SMILES string of the molecule is COc1ccc(CNC(=O)C2CCC(=O)N2c2ccc(C)cc2)cc1. The highest BCUT2D eigenvalue weighted by Crippen LogP contribution is 2.27. The second kappa shape index (κ2) is 7.38. The summed E-state index contributed by atoms with van der Waals surface area (Å²) in [5, 5.41) is 2.94. The lowest BCUT2D eigenvalue weighted by atomic mass is 10.1. The fourth-order valence-electron chi connectivity index (χ4n) is 3.01. The second-order valence-corrected chi connectivity index (χ2v) is 6.22. The zero-order valence-corrected chi connectivity index (χ0v) is 14.5. The molecule has 2 aromatic carbocycles. The Morgan fingerprint density at radius 1 is 1.16 bits per heavy atom. The third-order valence-corrected chi connectivity index (χ3v) is 4.45. The highest BCUT2D eigenvalue weighted by atomic mass is 16.5. The van der Waals surface area contributed by atoms with Gasteiger partial charge in [0.15, 0.2) is 0 Å². The number of nitrogens with zero attached hydrogens (tertiary/aromatic N) is 1. The van der Waals surface area contributed by atoms with E-state index in [1.54, 1.807) is 12.0 Å². The second-order valence-electron chi connectivity index (χ2n) is 6.22. The van der Waals surface area contributed by atoms with Crippen LogP contribution >= 0.6 is 0 Å². The molecule has 1 N–H and O–H groups in total. The van der Waals surface area contributed by atoms with Gasteiger partial charge in [-0.05, 0) is 43.2 Å². The Kier molecular flexibility index (Phi) is 5.03. The maximum atomic E-state index is 12.6. The molecule has 0 bridgehead atoms. The highest BCUT2D eigenvalue weighted by molar-refractivity contribution is 6.03. The summed E-state index contributed by atoms with van der Waals surface area (Å²) in [5.74, 6) is 0.651. The summed E-state index contributed by atoms with van der Waals surface area (Å²) in [7, 11) is 1.62. The summed E-state index contributed by atoms with van der Waals surface area (Å²) >= 11 is 0. The Morgan fingerprint density at radius 2 is 1.84 bits per heavy atom. The topological polar surface area (TPSA) is 58.6 Å². The normalized spacial score (nSPS) is 16.8. The molecule has 1 saturated heterocycles. The molecule has 3 rings (SSSR count). The number of methoxy groups -OCH3 is 1. The van der Waals surface area contributed by atoms with Crippen LogP contribution in [0.15, 0.2) is 48.5 Å². The number of rotatable bonds is 5. The van der Waals surface area contributed by atoms with Crippen LogP contribution in [0.5, 0.6) is 5.75 Å². The van der Waals surface area contributed by atoms with Gasteiger partial charge in [-0.1, -0.05) is 29.8 Å². The van der Waals surface area contributed by atoms with Crippen LogP contribution in [-0.4, -0.2) is 25.0 Å². The molecule has 0 saturated carbocycles. The van der Waals surface area contributed by atoms with Crippen molar-refractivity contribution < 1.29 is 14.3 Å². The molecule has 0 aliphatic carbocycles. The number of ether oxygens (including phenoxy) is 1. The number of nitrogens with one attached hydrogen (secondary N) is 1. The highest BCUT2D eigenvalue weighted by Gasteiger charge is 2.36. The molecule has 5 nitrogen and oxygen atoms in total. The van der Waals surface area contributed by atoms with Gasteiger partial charge in [-0.2, -0.15) is 0 Å². The Hall–Kier alpha value is -2.82. The number of amides is 2. The molecule has 0 radical (unpaired) electrons. The quantitative estimate of drug-likeness (QED) is 0.912. The zero-order chi connectivity index (χ0) is 17.8. The Bertz CT molecular complexity index is 754. The van der Waals surface area contributed by atoms with Crippen molar-refractivity contribution in [3.05, 3.63) is 59.7 Å². The lowest BCUT2D eigenvalue weighted by Gasteiger charge is -2.24. The summed E-state index contributed by atoms with van der Waals surface area (Å²) in [6.45, 7) is 2.42. The maximum absolute atomic E-state index is 12.6. The van der Waals surface area contributed by atoms with Crippen LogP contribution in [0.2, 0.25) is 0 Å². The third-order valence-electron chi connectivity index (χ3n) is 4.45. The Morgan fingerprint density at radius 3 is 2.48 bits per heavy atom. The number of hydrogen-bond donors (Lipinski definition) is 1. The molecule has 5 heteroatoms. The number of carbonyl (C=O) groups is 2. The van der Waals surface area contributed by atoms with Crippen LogP contribution < -0.4 is 15.0 Å². The van der Waals surface area contributed by atoms with Crippen molar-refractivity contribution in [3.8, 4) is 5.75 Å². The van der Waals surface area contributed by atoms with Crippen molar-refractivity contribution in [2.75, 3.05) is 12.0 Å². The Labute approximate surface area is 147 Å². The molecule has 25 heavy (non-hydrogen) atoms. The molecule has 130 valence electrons. The van der Waals surface area contributed by atoms with Crippen LogP contribution in [0.3, 0.4) is 0 Å². The predicted molar refractivity (Wildman–Crippen MR) is 96.5 cm³/mol. The van der Waals surface area contributed by atoms with Crippen molar-refractivity contribution in [1.82, 2.24) is 5.32 Å². The third kappa shape index (κ3) is 3.82. The van der Waals surface area contributed by atoms with Crippen molar-refractivity contribution in [2.24, 2.45) is 0 Å². The summed E-state index contributed by atoms with van der Waals surface area (Å²) in [4.78, 5) is 26.5. The van der Waals surface area contributed by atoms with E-state index in [4.69, 9.17) is 4.74 Å². The van der Waals surface area contributed by atoms with Crippen LogP contribution in [0.4, 0.5) is 5.69 Å². The fourth-order valence-corrected chi connectivity index (χ4v) is 3.01. The molecule has 2 aromatic rings. The molecular weight excluding hydrogens is 316 g/mol. The smallest absolute Gasteiger partial charge is 0.243 e. The monoisotopic (exact) mass is 338 g/mol. The zero-order valence-electron chi connectivity index (χ0n) is 14.5. The van der Waals surface area contributed by atoms with E-state index >= 15 is 0 Å². The lowest BCUT2D eigenvalue weighted by molar-refractivity contribution is -0.124. The molecule has 1 fully saturated rings. The van der Waals surface area contributed by atoms with E-state index in [9.17, 15) is 9.59 Å². The summed E-state index contributed by atoms with van der Waals surface area (Å²) in [6.07, 6.45) is 0.940. The van der Waals surface area contributed by atoms with Gasteiger partial charge in [-0.15, -0.1) is 0 Å². The van der Waals surface area contributed by atoms with Gasteiger partial charge >= 0.3 is 0 Å². The van der Waals surface area contributed by atoms with E-state index in [0.717, 1.165) is 22.6 Å². The molecule has 1 aliphatic heterocycles. The number of carbonyl (C=O) groups excluding carboxylic acids is 2. The van der Waals surface area contributed by atoms with Gasteiger partial charge in [0.05, 0.1) is 7.11 Å². The molecule has 0 aromatic heterocycles. The molecule has 1 unspecified atom stereocenters. The average Bonchev–Trinajstić information content (AvgIpc) is 3.02. The predicted octanol–water partition coefficient (Wildman–Crippen LogP) is 2.82. The molecule has 0 spiro atoms. The molecule has 1 aliphatic rings. The first-order chi connectivity index (χ1) is 12.1. The van der Waals surface area contributed by atoms with Gasteiger partial charge in [0, 0.05) is 18.7 Å². The fraction of sp³-hybridized carbons (Fsp3) is 0.300. The number of hydrogen-bond acceptors (Lipinski definition) is 3. The number of aryl methyl sites for hydroxylation is 1. The van der Waals surface area contributed by atoms with Crippen molar-refractivity contribution in [1.29, 1.82) is 0 Å². The maximum Gasteiger partial charge on any atom is 0.243 e. The van der Waals surface area contributed by atoms with Crippen LogP contribution in [0, 0.1) is 6.92 Å². The number of anilines is 1. The van der Waals surface area contributed by atoms with Crippen LogP contribution in [0.25, 0.3) is 0 Å². The van der Waals surface area contributed by atoms with E-state index in [-0.39, 0.29) is 11.8 Å². The van der Waals surface area contributed by atoms with Gasteiger partial charge in [-0.3, -0.25) is 14.5 Å². The van der Waals surface area contributed by atoms with Crippen molar-refractivity contribution in [2.45, 2.75) is 32.4 Å². The standard InChI is InChI=1S/C20H22N2O3/c1-14-3-7-16(8-4-14)22-18(11-12-19(22)23)20(24)21-13-15-5-9-17(25-2)10-6-15/h3-10,18H,11-13H2,1-2H3,(H,21,24). The van der Waals surface area contributed by atoms with Gasteiger partial charge in [0.25, 0.3) is 0 Å². The summed E-state index contributed by atoms with van der Waals surface area (Å²) in [5.41, 5.74) is 2.88. The number of benzene rings is 2. The molecule has 1 atom stereocenters.